The SMILES string of the molecule is CCOC(=O)c1cc(C#Cc2ccc(NC(=O)C(F)(F)F)cc2)cc(CO)n1. The molecule has 0 fully saturated rings. The predicted molar refractivity (Wildman–Crippen MR) is 93.2 cm³/mol. The van der Waals surface area contributed by atoms with Crippen LogP contribution in [-0.4, -0.2) is 34.8 Å². The average Bonchev–Trinajstić information content (AvgIpc) is 2.66. The molecule has 28 heavy (non-hydrogen) atoms. The van der Waals surface area contributed by atoms with Gasteiger partial charge in [-0.1, -0.05) is 11.8 Å². The average molecular weight is 392 g/mol. The van der Waals surface area contributed by atoms with Crippen LogP contribution < -0.4 is 5.32 Å². The molecule has 0 aliphatic rings. The van der Waals surface area contributed by atoms with Crippen molar-refractivity contribution in [3.63, 3.8) is 0 Å². The van der Waals surface area contributed by atoms with Crippen LogP contribution in [0, 0.1) is 11.8 Å². The van der Waals surface area contributed by atoms with Crippen LogP contribution in [-0.2, 0) is 16.1 Å². The summed E-state index contributed by atoms with van der Waals surface area (Å²) in [5, 5.41) is 11.0. The first-order valence-electron chi connectivity index (χ1n) is 8.02. The molecule has 2 N–H and O–H groups in total. The topological polar surface area (TPSA) is 88.5 Å². The van der Waals surface area contributed by atoms with Crippen molar-refractivity contribution >= 4 is 17.6 Å². The summed E-state index contributed by atoms with van der Waals surface area (Å²) >= 11 is 0. The smallest absolute Gasteiger partial charge is 0.461 e. The molecular formula is C19H15F3N2O4. The van der Waals surface area contributed by atoms with E-state index in [1.807, 2.05) is 0 Å². The number of ether oxygens (including phenoxy) is 1. The van der Waals surface area contributed by atoms with Gasteiger partial charge in [0.05, 0.1) is 18.9 Å². The fraction of sp³-hybridized carbons (Fsp3) is 0.211. The van der Waals surface area contributed by atoms with Gasteiger partial charge in [0.25, 0.3) is 0 Å². The van der Waals surface area contributed by atoms with Crippen molar-refractivity contribution in [2.24, 2.45) is 0 Å². The van der Waals surface area contributed by atoms with Crippen LogP contribution in [0.4, 0.5) is 18.9 Å². The molecule has 1 amide bonds. The largest absolute Gasteiger partial charge is 0.471 e. The van der Waals surface area contributed by atoms with Gasteiger partial charge in [-0.2, -0.15) is 13.2 Å². The maximum atomic E-state index is 12.2. The van der Waals surface area contributed by atoms with Gasteiger partial charge in [-0.25, -0.2) is 9.78 Å². The minimum atomic E-state index is -4.97. The maximum Gasteiger partial charge on any atom is 0.471 e. The lowest BCUT2D eigenvalue weighted by Gasteiger charge is -2.07. The monoisotopic (exact) mass is 392 g/mol. The molecule has 6 nitrogen and oxygen atoms in total. The van der Waals surface area contributed by atoms with Gasteiger partial charge < -0.3 is 15.2 Å². The van der Waals surface area contributed by atoms with Crippen LogP contribution in [0.5, 0.6) is 0 Å². The van der Waals surface area contributed by atoms with E-state index in [0.717, 1.165) is 0 Å². The van der Waals surface area contributed by atoms with Gasteiger partial charge in [-0.3, -0.25) is 4.79 Å². The summed E-state index contributed by atoms with van der Waals surface area (Å²) in [5.74, 6) is 2.84. The Kier molecular flexibility index (Phi) is 6.74. The lowest BCUT2D eigenvalue weighted by Crippen LogP contribution is -2.29. The van der Waals surface area contributed by atoms with Gasteiger partial charge in [0, 0.05) is 16.8 Å². The highest BCUT2D eigenvalue weighted by Crippen LogP contribution is 2.18. The molecule has 0 aliphatic carbocycles. The van der Waals surface area contributed by atoms with Crippen LogP contribution in [0.2, 0.25) is 0 Å². The van der Waals surface area contributed by atoms with Crippen molar-refractivity contribution in [1.29, 1.82) is 0 Å². The number of benzene rings is 1. The van der Waals surface area contributed by atoms with Crippen LogP contribution in [0.25, 0.3) is 0 Å². The number of aliphatic hydroxyl groups excluding tert-OH is 1. The number of pyridine rings is 1. The molecule has 0 atom stereocenters. The van der Waals surface area contributed by atoms with Crippen molar-refractivity contribution in [3.8, 4) is 11.8 Å². The number of hydrogen-bond acceptors (Lipinski definition) is 5. The molecule has 146 valence electrons. The lowest BCUT2D eigenvalue weighted by molar-refractivity contribution is -0.167. The van der Waals surface area contributed by atoms with E-state index in [1.165, 1.54) is 36.4 Å². The first-order chi connectivity index (χ1) is 13.2. The summed E-state index contributed by atoms with van der Waals surface area (Å²) in [6, 6.07) is 8.32. The fourth-order valence-corrected chi connectivity index (χ4v) is 2.03. The molecule has 1 aromatic heterocycles. The summed E-state index contributed by atoms with van der Waals surface area (Å²) in [4.78, 5) is 26.7. The number of aliphatic hydroxyl groups is 1. The number of nitrogens with zero attached hydrogens (tertiary/aromatic N) is 1. The number of carbonyl (C=O) groups is 2. The third kappa shape index (κ3) is 5.82. The number of hydrogen-bond donors (Lipinski definition) is 2. The van der Waals surface area contributed by atoms with E-state index in [-0.39, 0.29) is 23.7 Å². The number of rotatable bonds is 4. The van der Waals surface area contributed by atoms with Gasteiger partial charge in [0.2, 0.25) is 0 Å². The number of alkyl halides is 3. The Hall–Kier alpha value is -3.38. The molecule has 1 aromatic carbocycles. The number of anilines is 1. The molecule has 0 aliphatic heterocycles. The van der Waals surface area contributed by atoms with Crippen molar-refractivity contribution in [2.75, 3.05) is 11.9 Å². The Morgan fingerprint density at radius 1 is 1.14 bits per heavy atom. The molecule has 0 radical (unpaired) electrons. The molecule has 9 heteroatoms. The molecule has 2 aromatic rings. The number of amides is 1. The van der Waals surface area contributed by atoms with Crippen molar-refractivity contribution in [1.82, 2.24) is 4.98 Å². The van der Waals surface area contributed by atoms with E-state index >= 15 is 0 Å². The normalized spacial score (nSPS) is 10.6. The van der Waals surface area contributed by atoms with Gasteiger partial charge in [-0.15, -0.1) is 0 Å². The minimum absolute atomic E-state index is 0.00270. The lowest BCUT2D eigenvalue weighted by atomic mass is 10.1. The van der Waals surface area contributed by atoms with Crippen LogP contribution >= 0.6 is 0 Å². The standard InChI is InChI=1S/C19H15F3N2O4/c1-2-28-17(26)16-10-13(9-15(11-25)23-16)4-3-12-5-7-14(8-6-12)24-18(27)19(20,21)22/h5-10,25H,2,11H2,1H3,(H,24,27). The Morgan fingerprint density at radius 3 is 2.36 bits per heavy atom. The second kappa shape index (κ2) is 9.01. The van der Waals surface area contributed by atoms with Gasteiger partial charge in [-0.05, 0) is 43.3 Å². The zero-order valence-electron chi connectivity index (χ0n) is 14.6. The van der Waals surface area contributed by atoms with Crippen LogP contribution in [0.3, 0.4) is 0 Å². The van der Waals surface area contributed by atoms with Gasteiger partial charge in [0.1, 0.15) is 5.69 Å². The Bertz CT molecular complexity index is 929. The van der Waals surface area contributed by atoms with Crippen molar-refractivity contribution in [2.45, 2.75) is 19.7 Å². The number of esters is 1. The first-order valence-corrected chi connectivity index (χ1v) is 8.02. The van der Waals surface area contributed by atoms with Gasteiger partial charge >= 0.3 is 18.1 Å². The summed E-state index contributed by atoms with van der Waals surface area (Å²) in [5.41, 5.74) is 1.08. The number of carbonyl (C=O) groups excluding carboxylic acids is 2. The molecular weight excluding hydrogens is 377 g/mol. The van der Waals surface area contributed by atoms with E-state index < -0.39 is 24.7 Å². The summed E-state index contributed by atoms with van der Waals surface area (Å²) in [6.45, 7) is 1.42. The zero-order valence-corrected chi connectivity index (χ0v) is 14.6. The van der Waals surface area contributed by atoms with Crippen molar-refractivity contribution in [3.05, 3.63) is 58.9 Å². The van der Waals surface area contributed by atoms with Gasteiger partial charge in [0.15, 0.2) is 0 Å². The highest BCUT2D eigenvalue weighted by Gasteiger charge is 2.38. The van der Waals surface area contributed by atoms with Crippen LogP contribution in [0.1, 0.15) is 34.2 Å². The maximum absolute atomic E-state index is 12.2. The summed E-state index contributed by atoms with van der Waals surface area (Å²) < 4.78 is 41.6. The molecule has 0 saturated heterocycles. The highest BCUT2D eigenvalue weighted by atomic mass is 19.4. The fourth-order valence-electron chi connectivity index (χ4n) is 2.03. The number of halogens is 3. The van der Waals surface area contributed by atoms with Crippen molar-refractivity contribution < 1.29 is 32.6 Å². The molecule has 1 heterocycles. The Morgan fingerprint density at radius 2 is 1.79 bits per heavy atom. The summed E-state index contributed by atoms with van der Waals surface area (Å²) in [6.07, 6.45) is -4.97. The van der Waals surface area contributed by atoms with E-state index in [0.29, 0.717) is 11.1 Å². The minimum Gasteiger partial charge on any atom is -0.461 e. The third-order valence-corrected chi connectivity index (χ3v) is 3.28. The van der Waals surface area contributed by atoms with E-state index in [9.17, 15) is 27.9 Å². The zero-order chi connectivity index (χ0) is 20.7. The quantitative estimate of drug-likeness (QED) is 0.617. The second-order valence-corrected chi connectivity index (χ2v) is 5.39. The molecule has 0 bridgehead atoms. The predicted octanol–water partition coefficient (Wildman–Crippen LogP) is 2.65. The van der Waals surface area contributed by atoms with E-state index in [1.54, 1.807) is 12.2 Å². The molecule has 0 spiro atoms. The molecule has 0 unspecified atom stereocenters. The van der Waals surface area contributed by atoms with E-state index in [4.69, 9.17) is 4.74 Å². The molecule has 0 saturated carbocycles. The first kappa shape index (κ1) is 20.9. The summed E-state index contributed by atoms with van der Waals surface area (Å²) in [7, 11) is 0. The number of aromatic nitrogens is 1. The highest BCUT2D eigenvalue weighted by molar-refractivity contribution is 5.94. The molecule has 2 rings (SSSR count). The second-order valence-electron chi connectivity index (χ2n) is 5.39. The van der Waals surface area contributed by atoms with Crippen LogP contribution in [0.15, 0.2) is 36.4 Å². The Balaban J connectivity index is 2.20. The van der Waals surface area contributed by atoms with E-state index in [2.05, 4.69) is 16.8 Å². The number of nitrogens with one attached hydrogen (secondary N) is 1. The third-order valence-electron chi connectivity index (χ3n) is 3.28. The Labute approximate surface area is 158 Å².